The number of fused-ring (bicyclic) bond motifs is 2. The fraction of sp³-hybridized carbons (Fsp3) is 0.857. The molecule has 2 saturated heterocycles. The molecule has 2 atom stereocenters. The van der Waals surface area contributed by atoms with Gasteiger partial charge in [-0.1, -0.05) is 0 Å². The first-order valence-corrected chi connectivity index (χ1v) is 3.77. The maximum absolute atomic E-state index is 10.9. The molecule has 2 aliphatic rings. The molecule has 0 aromatic carbocycles. The van der Waals surface area contributed by atoms with E-state index < -0.39 is 0 Å². The van der Waals surface area contributed by atoms with E-state index in [0.29, 0.717) is 12.5 Å². The number of carbonyl (C=O) groups excluding carboxylic acids is 1. The largest absolute Gasteiger partial charge is 0.373 e. The van der Waals surface area contributed by atoms with Crippen LogP contribution in [0.5, 0.6) is 0 Å². The monoisotopic (exact) mass is 141 g/mol. The van der Waals surface area contributed by atoms with Crippen molar-refractivity contribution in [1.29, 1.82) is 0 Å². The number of carbonyl (C=O) groups is 1. The van der Waals surface area contributed by atoms with E-state index in [-0.39, 0.29) is 12.0 Å². The number of ether oxygens (including phenoxy) is 1. The van der Waals surface area contributed by atoms with Crippen LogP contribution in [0.25, 0.3) is 0 Å². The Morgan fingerprint density at radius 3 is 3.10 bits per heavy atom. The molecule has 3 heteroatoms. The highest BCUT2D eigenvalue weighted by molar-refractivity contribution is 5.76. The van der Waals surface area contributed by atoms with Crippen LogP contribution in [-0.4, -0.2) is 24.7 Å². The second kappa shape index (κ2) is 2.23. The highest BCUT2D eigenvalue weighted by atomic mass is 16.5. The van der Waals surface area contributed by atoms with Crippen molar-refractivity contribution >= 4 is 5.91 Å². The summed E-state index contributed by atoms with van der Waals surface area (Å²) in [6.07, 6.45) is 3.27. The van der Waals surface area contributed by atoms with E-state index in [0.717, 1.165) is 19.4 Å². The van der Waals surface area contributed by atoms with Crippen molar-refractivity contribution < 1.29 is 9.53 Å². The van der Waals surface area contributed by atoms with Gasteiger partial charge < -0.3 is 10.1 Å². The Labute approximate surface area is 59.7 Å². The topological polar surface area (TPSA) is 38.3 Å². The average Bonchev–Trinajstić information content (AvgIpc) is 2.22. The minimum atomic E-state index is 0.146. The van der Waals surface area contributed by atoms with Crippen molar-refractivity contribution in [1.82, 2.24) is 5.32 Å². The van der Waals surface area contributed by atoms with Crippen molar-refractivity contribution in [3.8, 4) is 0 Å². The molecule has 0 aliphatic carbocycles. The summed E-state index contributed by atoms with van der Waals surface area (Å²) in [4.78, 5) is 10.9. The van der Waals surface area contributed by atoms with Gasteiger partial charge in [-0.15, -0.1) is 0 Å². The summed E-state index contributed by atoms with van der Waals surface area (Å²) in [6.45, 7) is 0.718. The van der Waals surface area contributed by atoms with Gasteiger partial charge >= 0.3 is 0 Å². The Morgan fingerprint density at radius 2 is 2.20 bits per heavy atom. The fourth-order valence-corrected chi connectivity index (χ4v) is 1.59. The molecule has 0 radical (unpaired) electrons. The van der Waals surface area contributed by atoms with Crippen LogP contribution in [0.1, 0.15) is 19.3 Å². The highest BCUT2D eigenvalue weighted by Crippen LogP contribution is 2.23. The minimum absolute atomic E-state index is 0.146. The van der Waals surface area contributed by atoms with Gasteiger partial charge in [0.25, 0.3) is 0 Å². The first kappa shape index (κ1) is 6.16. The Balaban J connectivity index is 2.05. The smallest absolute Gasteiger partial charge is 0.222 e. The summed E-state index contributed by atoms with van der Waals surface area (Å²) in [5.74, 6) is 0.146. The Bertz CT molecular complexity index is 158. The lowest BCUT2D eigenvalue weighted by atomic mass is 10.1. The molecule has 2 heterocycles. The van der Waals surface area contributed by atoms with Gasteiger partial charge in [0, 0.05) is 6.54 Å². The zero-order valence-electron chi connectivity index (χ0n) is 5.80. The van der Waals surface area contributed by atoms with E-state index in [1.165, 1.54) is 0 Å². The van der Waals surface area contributed by atoms with Crippen molar-refractivity contribution in [2.75, 3.05) is 6.54 Å². The fourth-order valence-electron chi connectivity index (χ4n) is 1.59. The van der Waals surface area contributed by atoms with Crippen LogP contribution in [0.4, 0.5) is 0 Å². The molecule has 3 nitrogen and oxygen atoms in total. The molecule has 1 amide bonds. The molecule has 56 valence electrons. The molecule has 2 aliphatic heterocycles. The van der Waals surface area contributed by atoms with Gasteiger partial charge in [0.2, 0.25) is 5.91 Å². The molecule has 0 aromatic heterocycles. The lowest BCUT2D eigenvalue weighted by Crippen LogP contribution is -2.29. The van der Waals surface area contributed by atoms with E-state index in [2.05, 4.69) is 5.32 Å². The number of nitrogens with one attached hydrogen (secondary N) is 1. The Kier molecular flexibility index (Phi) is 1.38. The van der Waals surface area contributed by atoms with Gasteiger partial charge in [-0.25, -0.2) is 0 Å². The summed E-state index contributed by atoms with van der Waals surface area (Å²) < 4.78 is 5.51. The van der Waals surface area contributed by atoms with Crippen LogP contribution in [-0.2, 0) is 9.53 Å². The molecule has 0 saturated carbocycles. The second-order valence-electron chi connectivity index (χ2n) is 2.97. The number of hydrogen-bond donors (Lipinski definition) is 1. The van der Waals surface area contributed by atoms with E-state index in [4.69, 9.17) is 4.74 Å². The molecule has 2 bridgehead atoms. The molecule has 2 rings (SSSR count). The number of amides is 1. The van der Waals surface area contributed by atoms with Gasteiger partial charge in [0.1, 0.15) is 0 Å². The van der Waals surface area contributed by atoms with Gasteiger partial charge in [0.05, 0.1) is 18.6 Å². The van der Waals surface area contributed by atoms with E-state index in [1.54, 1.807) is 0 Å². The van der Waals surface area contributed by atoms with Gasteiger partial charge in [-0.2, -0.15) is 0 Å². The second-order valence-corrected chi connectivity index (χ2v) is 2.97. The van der Waals surface area contributed by atoms with Gasteiger partial charge in [-0.3, -0.25) is 4.79 Å². The molecular formula is C7H11NO2. The normalized spacial score (nSPS) is 39.0. The van der Waals surface area contributed by atoms with Crippen LogP contribution in [0.15, 0.2) is 0 Å². The number of rotatable bonds is 0. The van der Waals surface area contributed by atoms with Crippen LogP contribution < -0.4 is 5.32 Å². The molecule has 0 aromatic rings. The molecule has 1 N–H and O–H groups in total. The third kappa shape index (κ3) is 1.01. The lowest BCUT2D eigenvalue weighted by Gasteiger charge is -2.05. The Hall–Kier alpha value is -0.570. The first-order chi connectivity index (χ1) is 4.84. The predicted octanol–water partition coefficient (Wildman–Crippen LogP) is 0.0539. The summed E-state index contributed by atoms with van der Waals surface area (Å²) in [5, 5.41) is 2.81. The molecule has 2 unspecified atom stereocenters. The van der Waals surface area contributed by atoms with Crippen LogP contribution >= 0.6 is 0 Å². The van der Waals surface area contributed by atoms with Gasteiger partial charge in [-0.05, 0) is 12.8 Å². The summed E-state index contributed by atoms with van der Waals surface area (Å²) in [6, 6.07) is 0. The average molecular weight is 141 g/mol. The zero-order chi connectivity index (χ0) is 6.97. The molecular weight excluding hydrogens is 130 g/mol. The minimum Gasteiger partial charge on any atom is -0.373 e. The molecule has 10 heavy (non-hydrogen) atoms. The van der Waals surface area contributed by atoms with E-state index in [1.807, 2.05) is 0 Å². The lowest BCUT2D eigenvalue weighted by molar-refractivity contribution is -0.121. The highest BCUT2D eigenvalue weighted by Gasteiger charge is 2.30. The van der Waals surface area contributed by atoms with Crippen molar-refractivity contribution in [3.05, 3.63) is 0 Å². The third-order valence-corrected chi connectivity index (χ3v) is 2.14. The predicted molar refractivity (Wildman–Crippen MR) is 35.5 cm³/mol. The standard InChI is InChI=1S/C7H11NO2/c9-7-3-5-1-2-6(10-5)4-8-7/h5-6H,1-4H2,(H,8,9). The van der Waals surface area contributed by atoms with Crippen LogP contribution in [0.3, 0.4) is 0 Å². The van der Waals surface area contributed by atoms with Crippen LogP contribution in [0.2, 0.25) is 0 Å². The third-order valence-electron chi connectivity index (χ3n) is 2.14. The quantitative estimate of drug-likeness (QED) is 0.517. The molecule has 2 fully saturated rings. The van der Waals surface area contributed by atoms with Crippen molar-refractivity contribution in [2.24, 2.45) is 0 Å². The van der Waals surface area contributed by atoms with Gasteiger partial charge in [0.15, 0.2) is 0 Å². The SMILES string of the molecule is O=C1CC2CCC(CN1)O2. The first-order valence-electron chi connectivity index (χ1n) is 3.77. The summed E-state index contributed by atoms with van der Waals surface area (Å²) in [7, 11) is 0. The van der Waals surface area contributed by atoms with Crippen LogP contribution in [0, 0.1) is 0 Å². The zero-order valence-corrected chi connectivity index (χ0v) is 5.80. The molecule has 0 spiro atoms. The van der Waals surface area contributed by atoms with E-state index in [9.17, 15) is 4.79 Å². The van der Waals surface area contributed by atoms with Crippen molar-refractivity contribution in [3.63, 3.8) is 0 Å². The maximum Gasteiger partial charge on any atom is 0.222 e. The summed E-state index contributed by atoms with van der Waals surface area (Å²) >= 11 is 0. The maximum atomic E-state index is 10.9. The number of hydrogen-bond acceptors (Lipinski definition) is 2. The Morgan fingerprint density at radius 1 is 1.40 bits per heavy atom. The van der Waals surface area contributed by atoms with E-state index >= 15 is 0 Å². The van der Waals surface area contributed by atoms with Crippen molar-refractivity contribution in [2.45, 2.75) is 31.5 Å². The summed E-state index contributed by atoms with van der Waals surface area (Å²) in [5.41, 5.74) is 0.